The first kappa shape index (κ1) is 26.2. The fourth-order valence-electron chi connectivity index (χ4n) is 4.49. The Morgan fingerprint density at radius 2 is 1.85 bits per heavy atom. The Morgan fingerprint density at radius 1 is 1.12 bits per heavy atom. The maximum atomic E-state index is 15.4. The van der Waals surface area contributed by atoms with E-state index in [1.807, 2.05) is 0 Å². The fraction of sp³-hybridized carbons (Fsp3) is 0.577. The molecule has 1 aliphatic carbocycles. The van der Waals surface area contributed by atoms with Gasteiger partial charge >= 0.3 is 0 Å². The number of hydrogen-bond donors (Lipinski definition) is 0. The molecule has 0 aliphatic heterocycles. The van der Waals surface area contributed by atoms with E-state index in [4.69, 9.17) is 9.47 Å². The van der Waals surface area contributed by atoms with Crippen LogP contribution < -0.4 is 9.47 Å². The summed E-state index contributed by atoms with van der Waals surface area (Å²) in [6.07, 6.45) is 6.11. The molecule has 0 radical (unpaired) electrons. The number of fused-ring (bicyclic) bond motifs is 1. The van der Waals surface area contributed by atoms with Crippen molar-refractivity contribution in [1.29, 1.82) is 0 Å². The summed E-state index contributed by atoms with van der Waals surface area (Å²) in [7, 11) is 1.42. The molecule has 1 heterocycles. The zero-order valence-corrected chi connectivity index (χ0v) is 19.7. The highest BCUT2D eigenvalue weighted by Crippen LogP contribution is 2.52. The highest BCUT2D eigenvalue weighted by molar-refractivity contribution is 5.48. The zero-order valence-electron chi connectivity index (χ0n) is 19.7. The molecule has 2 atom stereocenters. The molecule has 0 spiro atoms. The SMILES string of the molecule is CCCCCCCC[C@@H](F)COc1c(F)c(F)cc2c1CCC(c1ccc(OC)nc1)C2(F)F. The van der Waals surface area contributed by atoms with Crippen LogP contribution in [0, 0.1) is 11.6 Å². The summed E-state index contributed by atoms with van der Waals surface area (Å²) in [6.45, 7) is 1.62. The van der Waals surface area contributed by atoms with E-state index in [9.17, 15) is 13.2 Å². The second-order valence-corrected chi connectivity index (χ2v) is 8.84. The minimum Gasteiger partial charge on any atom is -0.487 e. The molecule has 1 aromatic carbocycles. The van der Waals surface area contributed by atoms with Crippen molar-refractivity contribution in [3.63, 3.8) is 0 Å². The summed E-state index contributed by atoms with van der Waals surface area (Å²) in [5.74, 6) is -7.86. The molecule has 0 N–H and O–H groups in total. The average molecular weight is 486 g/mol. The van der Waals surface area contributed by atoms with Crippen LogP contribution in [0.3, 0.4) is 0 Å². The van der Waals surface area contributed by atoms with Gasteiger partial charge < -0.3 is 9.47 Å². The van der Waals surface area contributed by atoms with Gasteiger partial charge in [-0.1, -0.05) is 51.5 Å². The molecule has 3 rings (SSSR count). The van der Waals surface area contributed by atoms with Crippen molar-refractivity contribution in [2.75, 3.05) is 13.7 Å². The van der Waals surface area contributed by atoms with Gasteiger partial charge in [-0.3, -0.25) is 0 Å². The van der Waals surface area contributed by atoms with Gasteiger partial charge in [-0.15, -0.1) is 0 Å². The van der Waals surface area contributed by atoms with E-state index < -0.39 is 47.6 Å². The summed E-state index contributed by atoms with van der Waals surface area (Å²) in [5, 5.41) is 0. The second-order valence-electron chi connectivity index (χ2n) is 8.84. The first-order chi connectivity index (χ1) is 16.3. The molecule has 3 nitrogen and oxygen atoms in total. The summed E-state index contributed by atoms with van der Waals surface area (Å²) in [4.78, 5) is 3.98. The molecular weight excluding hydrogens is 453 g/mol. The number of unbranched alkanes of at least 4 members (excludes halogenated alkanes) is 5. The van der Waals surface area contributed by atoms with Crippen molar-refractivity contribution in [2.45, 2.75) is 82.7 Å². The van der Waals surface area contributed by atoms with Gasteiger partial charge in [0.25, 0.3) is 5.92 Å². The minimum atomic E-state index is -3.48. The molecule has 1 aromatic heterocycles. The first-order valence-corrected chi connectivity index (χ1v) is 12.0. The van der Waals surface area contributed by atoms with E-state index in [0.29, 0.717) is 12.5 Å². The summed E-state index contributed by atoms with van der Waals surface area (Å²) in [6, 6.07) is 3.50. The first-order valence-electron chi connectivity index (χ1n) is 12.0. The third kappa shape index (κ3) is 5.99. The Balaban J connectivity index is 1.72. The van der Waals surface area contributed by atoms with Gasteiger partial charge in [-0.2, -0.15) is 4.39 Å². The van der Waals surface area contributed by atoms with Gasteiger partial charge in [0.05, 0.1) is 13.0 Å². The molecule has 188 valence electrons. The van der Waals surface area contributed by atoms with Crippen LogP contribution >= 0.6 is 0 Å². The Kier molecular flexibility index (Phi) is 9.14. The fourth-order valence-corrected chi connectivity index (χ4v) is 4.49. The molecule has 34 heavy (non-hydrogen) atoms. The monoisotopic (exact) mass is 485 g/mol. The van der Waals surface area contributed by atoms with Crippen LogP contribution in [0.2, 0.25) is 0 Å². The van der Waals surface area contributed by atoms with Crippen LogP contribution in [-0.2, 0) is 12.3 Å². The normalized spacial score (nSPS) is 17.8. The standard InChI is InChI=1S/C26H32F5NO2/c1-3-4-5-6-7-8-9-18(27)16-34-25-19-11-12-20(17-10-13-23(33-2)32-15-17)26(30,31)21(19)14-22(28)24(25)29/h10,13-15,18,20H,3-9,11-12,16H2,1-2H3/t18-,20?/m1/s1. The van der Waals surface area contributed by atoms with E-state index in [1.165, 1.54) is 25.4 Å². The van der Waals surface area contributed by atoms with Crippen LogP contribution in [0.1, 0.15) is 80.9 Å². The Bertz CT molecular complexity index is 936. The number of ether oxygens (including phenoxy) is 2. The van der Waals surface area contributed by atoms with Crippen molar-refractivity contribution in [3.8, 4) is 11.6 Å². The summed E-state index contributed by atoms with van der Waals surface area (Å²) in [5.41, 5.74) is -0.459. The number of alkyl halides is 3. The van der Waals surface area contributed by atoms with Crippen molar-refractivity contribution < 1.29 is 31.4 Å². The van der Waals surface area contributed by atoms with Gasteiger partial charge in [0, 0.05) is 23.4 Å². The smallest absolute Gasteiger partial charge is 0.280 e. The summed E-state index contributed by atoms with van der Waals surface area (Å²) >= 11 is 0. The van der Waals surface area contributed by atoms with Crippen molar-refractivity contribution in [2.24, 2.45) is 0 Å². The lowest BCUT2D eigenvalue weighted by molar-refractivity contribution is -0.0445. The number of rotatable bonds is 12. The predicted molar refractivity (Wildman–Crippen MR) is 120 cm³/mol. The lowest BCUT2D eigenvalue weighted by Gasteiger charge is -2.34. The lowest BCUT2D eigenvalue weighted by Crippen LogP contribution is -2.31. The van der Waals surface area contributed by atoms with E-state index in [0.717, 1.165) is 32.1 Å². The summed E-state index contributed by atoms with van der Waals surface area (Å²) < 4.78 is 84.3. The zero-order chi connectivity index (χ0) is 24.7. The third-order valence-corrected chi connectivity index (χ3v) is 6.41. The average Bonchev–Trinajstić information content (AvgIpc) is 2.82. The molecular formula is C26H32F5NO2. The molecule has 0 saturated carbocycles. The van der Waals surface area contributed by atoms with Crippen LogP contribution in [0.5, 0.6) is 11.6 Å². The van der Waals surface area contributed by atoms with Gasteiger partial charge in [-0.05, 0) is 30.9 Å². The predicted octanol–water partition coefficient (Wildman–Crippen LogP) is 7.66. The van der Waals surface area contributed by atoms with Crippen molar-refractivity contribution in [3.05, 3.63) is 52.7 Å². The highest BCUT2D eigenvalue weighted by Gasteiger charge is 2.48. The molecule has 2 aromatic rings. The molecule has 1 aliphatic rings. The van der Waals surface area contributed by atoms with Crippen LogP contribution in [-0.4, -0.2) is 24.9 Å². The van der Waals surface area contributed by atoms with Crippen molar-refractivity contribution >= 4 is 0 Å². The largest absolute Gasteiger partial charge is 0.487 e. The van der Waals surface area contributed by atoms with E-state index >= 15 is 8.78 Å². The number of pyridine rings is 1. The van der Waals surface area contributed by atoms with Gasteiger partial charge in [0.15, 0.2) is 11.6 Å². The number of aromatic nitrogens is 1. The number of benzene rings is 1. The highest BCUT2D eigenvalue weighted by atomic mass is 19.3. The van der Waals surface area contributed by atoms with Crippen molar-refractivity contribution in [1.82, 2.24) is 4.98 Å². The number of hydrogen-bond acceptors (Lipinski definition) is 3. The number of methoxy groups -OCH3 is 1. The molecule has 0 bridgehead atoms. The number of halogens is 5. The van der Waals surface area contributed by atoms with E-state index in [-0.39, 0.29) is 36.3 Å². The third-order valence-electron chi connectivity index (χ3n) is 6.41. The second kappa shape index (κ2) is 11.8. The lowest BCUT2D eigenvalue weighted by atomic mass is 9.77. The quantitative estimate of drug-likeness (QED) is 0.228. The molecule has 1 unspecified atom stereocenters. The molecule has 0 fully saturated rings. The minimum absolute atomic E-state index is 0.0216. The van der Waals surface area contributed by atoms with Gasteiger partial charge in [0.1, 0.15) is 12.8 Å². The van der Waals surface area contributed by atoms with E-state index in [2.05, 4.69) is 11.9 Å². The van der Waals surface area contributed by atoms with Crippen LogP contribution in [0.15, 0.2) is 24.4 Å². The van der Waals surface area contributed by atoms with E-state index in [1.54, 1.807) is 0 Å². The van der Waals surface area contributed by atoms with Gasteiger partial charge in [0.2, 0.25) is 11.7 Å². The molecule has 0 amide bonds. The molecule has 0 saturated heterocycles. The van der Waals surface area contributed by atoms with Crippen LogP contribution in [0.4, 0.5) is 22.0 Å². The van der Waals surface area contributed by atoms with Gasteiger partial charge in [-0.25, -0.2) is 22.5 Å². The Morgan fingerprint density at radius 3 is 2.53 bits per heavy atom. The number of nitrogens with zero attached hydrogens (tertiary/aromatic N) is 1. The maximum Gasteiger partial charge on any atom is 0.280 e. The Labute approximate surface area is 197 Å². The topological polar surface area (TPSA) is 31.4 Å². The molecule has 8 heteroatoms. The van der Waals surface area contributed by atoms with Crippen LogP contribution in [0.25, 0.3) is 0 Å². The maximum absolute atomic E-state index is 15.4. The Hall–Kier alpha value is -2.38.